The number of hydrogen-bond acceptors (Lipinski definition) is 5. The molecule has 1 aromatic heterocycles. The van der Waals surface area contributed by atoms with Crippen molar-refractivity contribution in [1.82, 2.24) is 4.98 Å². The van der Waals surface area contributed by atoms with Gasteiger partial charge in [0.05, 0.1) is 4.92 Å². The lowest BCUT2D eigenvalue weighted by Crippen LogP contribution is -2.40. The molecule has 1 heterocycles. The summed E-state index contributed by atoms with van der Waals surface area (Å²) in [5.41, 5.74) is -1.41. The first-order valence-corrected chi connectivity index (χ1v) is 4.44. The second kappa shape index (κ2) is 4.13. The Morgan fingerprint density at radius 2 is 2.25 bits per heavy atom. The van der Waals surface area contributed by atoms with Crippen molar-refractivity contribution in [2.45, 2.75) is 19.4 Å². The van der Waals surface area contributed by atoms with E-state index >= 15 is 0 Å². The smallest absolute Gasteiger partial charge is 0.328 e. The van der Waals surface area contributed by atoms with Crippen molar-refractivity contribution in [2.75, 3.05) is 5.32 Å². The van der Waals surface area contributed by atoms with Crippen molar-refractivity contribution in [2.24, 2.45) is 0 Å². The molecule has 1 aromatic rings. The number of nitrogens with zero attached hydrogens (tertiary/aromatic N) is 2. The van der Waals surface area contributed by atoms with Gasteiger partial charge in [-0.2, -0.15) is 0 Å². The van der Waals surface area contributed by atoms with E-state index in [1.807, 2.05) is 0 Å². The average molecular weight is 225 g/mol. The van der Waals surface area contributed by atoms with E-state index in [0.717, 1.165) is 6.20 Å². The molecule has 0 aliphatic rings. The standard InChI is InChI=1S/C9H11N3O4/c1-9(2,8(13)14)11-6-3-4-10-5-7(6)12(15)16/h3-5H,1-2H3,(H,10,11)(H,13,14). The van der Waals surface area contributed by atoms with Crippen LogP contribution < -0.4 is 5.32 Å². The van der Waals surface area contributed by atoms with E-state index in [9.17, 15) is 14.9 Å². The molecule has 7 nitrogen and oxygen atoms in total. The molecule has 16 heavy (non-hydrogen) atoms. The van der Waals surface area contributed by atoms with Crippen molar-refractivity contribution in [3.8, 4) is 0 Å². The summed E-state index contributed by atoms with van der Waals surface area (Å²) in [5, 5.41) is 22.1. The molecule has 0 aliphatic carbocycles. The first-order valence-electron chi connectivity index (χ1n) is 4.44. The Balaban J connectivity index is 3.06. The normalized spacial score (nSPS) is 10.9. The predicted molar refractivity (Wildman–Crippen MR) is 56.2 cm³/mol. The van der Waals surface area contributed by atoms with Gasteiger partial charge in [0.15, 0.2) is 0 Å². The number of aromatic nitrogens is 1. The van der Waals surface area contributed by atoms with Gasteiger partial charge in [-0.25, -0.2) is 4.79 Å². The van der Waals surface area contributed by atoms with Gasteiger partial charge in [0.1, 0.15) is 17.4 Å². The maximum atomic E-state index is 10.9. The van der Waals surface area contributed by atoms with E-state index in [1.54, 1.807) is 0 Å². The van der Waals surface area contributed by atoms with E-state index in [-0.39, 0.29) is 11.4 Å². The molecule has 0 bridgehead atoms. The van der Waals surface area contributed by atoms with E-state index in [2.05, 4.69) is 10.3 Å². The van der Waals surface area contributed by atoms with Crippen molar-refractivity contribution >= 4 is 17.3 Å². The molecule has 0 aliphatic heterocycles. The zero-order valence-electron chi connectivity index (χ0n) is 8.80. The van der Waals surface area contributed by atoms with Crippen LogP contribution >= 0.6 is 0 Å². The minimum Gasteiger partial charge on any atom is -0.480 e. The van der Waals surface area contributed by atoms with Crippen LogP contribution in [-0.4, -0.2) is 26.5 Å². The number of aliphatic carboxylic acids is 1. The molecule has 0 amide bonds. The molecule has 0 spiro atoms. The van der Waals surface area contributed by atoms with Gasteiger partial charge in [-0.15, -0.1) is 0 Å². The van der Waals surface area contributed by atoms with Crippen LogP contribution in [0.25, 0.3) is 0 Å². The number of carboxylic acid groups (broad SMARTS) is 1. The van der Waals surface area contributed by atoms with E-state index in [0.29, 0.717) is 0 Å². The van der Waals surface area contributed by atoms with Gasteiger partial charge in [-0.1, -0.05) is 0 Å². The summed E-state index contributed by atoms with van der Waals surface area (Å²) < 4.78 is 0. The molecule has 86 valence electrons. The Hall–Kier alpha value is -2.18. The van der Waals surface area contributed by atoms with Gasteiger partial charge in [0, 0.05) is 6.20 Å². The molecular formula is C9H11N3O4. The number of rotatable bonds is 4. The SMILES string of the molecule is CC(C)(Nc1ccncc1[N+](=O)[O-])C(=O)O. The lowest BCUT2D eigenvalue weighted by atomic mass is 10.1. The van der Waals surface area contributed by atoms with Crippen molar-refractivity contribution in [3.05, 3.63) is 28.6 Å². The summed E-state index contributed by atoms with van der Waals surface area (Å²) in [4.78, 5) is 24.5. The largest absolute Gasteiger partial charge is 0.480 e. The van der Waals surface area contributed by atoms with Crippen LogP contribution in [0.1, 0.15) is 13.8 Å². The highest BCUT2D eigenvalue weighted by atomic mass is 16.6. The summed E-state index contributed by atoms with van der Waals surface area (Å²) in [6, 6.07) is 1.36. The number of anilines is 1. The fourth-order valence-electron chi connectivity index (χ4n) is 1.03. The van der Waals surface area contributed by atoms with Crippen LogP contribution in [0, 0.1) is 10.1 Å². The topological polar surface area (TPSA) is 105 Å². The van der Waals surface area contributed by atoms with Crippen LogP contribution in [0.2, 0.25) is 0 Å². The molecule has 7 heteroatoms. The van der Waals surface area contributed by atoms with Crippen molar-refractivity contribution in [3.63, 3.8) is 0 Å². The van der Waals surface area contributed by atoms with Crippen molar-refractivity contribution < 1.29 is 14.8 Å². The summed E-state index contributed by atoms with van der Waals surface area (Å²) in [5.74, 6) is -1.10. The Morgan fingerprint density at radius 1 is 1.62 bits per heavy atom. The maximum Gasteiger partial charge on any atom is 0.328 e. The quantitative estimate of drug-likeness (QED) is 0.590. The van der Waals surface area contributed by atoms with Crippen LogP contribution in [0.5, 0.6) is 0 Å². The molecule has 0 fully saturated rings. The lowest BCUT2D eigenvalue weighted by molar-refractivity contribution is -0.384. The second-order valence-corrected chi connectivity index (χ2v) is 3.71. The van der Waals surface area contributed by atoms with E-state index in [1.165, 1.54) is 26.1 Å². The molecule has 0 saturated carbocycles. The highest BCUT2D eigenvalue weighted by molar-refractivity contribution is 5.82. The van der Waals surface area contributed by atoms with Gasteiger partial charge in [0.2, 0.25) is 0 Å². The second-order valence-electron chi connectivity index (χ2n) is 3.71. The number of carboxylic acids is 1. The fraction of sp³-hybridized carbons (Fsp3) is 0.333. The first kappa shape index (κ1) is 11.9. The average Bonchev–Trinajstić information content (AvgIpc) is 2.17. The highest BCUT2D eigenvalue weighted by Gasteiger charge is 2.29. The number of hydrogen-bond donors (Lipinski definition) is 2. The van der Waals surface area contributed by atoms with Gasteiger partial charge < -0.3 is 10.4 Å². The van der Waals surface area contributed by atoms with E-state index < -0.39 is 16.4 Å². The van der Waals surface area contributed by atoms with Crippen LogP contribution in [0.3, 0.4) is 0 Å². The van der Waals surface area contributed by atoms with Crippen LogP contribution in [-0.2, 0) is 4.79 Å². The first-order chi connectivity index (χ1) is 7.34. The predicted octanol–water partition coefficient (Wildman–Crippen LogP) is 1.26. The summed E-state index contributed by atoms with van der Waals surface area (Å²) in [6.45, 7) is 2.83. The Morgan fingerprint density at radius 3 is 2.75 bits per heavy atom. The molecule has 2 N–H and O–H groups in total. The van der Waals surface area contributed by atoms with Gasteiger partial charge in [-0.3, -0.25) is 15.1 Å². The summed E-state index contributed by atoms with van der Waals surface area (Å²) in [6.07, 6.45) is 2.42. The monoisotopic (exact) mass is 225 g/mol. The third-order valence-corrected chi connectivity index (χ3v) is 1.98. The third kappa shape index (κ3) is 2.44. The molecule has 0 unspecified atom stereocenters. The third-order valence-electron chi connectivity index (χ3n) is 1.98. The summed E-state index contributed by atoms with van der Waals surface area (Å²) >= 11 is 0. The molecule has 1 rings (SSSR count). The zero-order chi connectivity index (χ0) is 12.3. The Kier molecular flexibility index (Phi) is 3.07. The molecule has 0 radical (unpaired) electrons. The zero-order valence-corrected chi connectivity index (χ0v) is 8.80. The lowest BCUT2D eigenvalue weighted by Gasteiger charge is -2.21. The minimum absolute atomic E-state index is 0.132. The number of nitro groups is 1. The molecule has 0 atom stereocenters. The highest BCUT2D eigenvalue weighted by Crippen LogP contribution is 2.25. The molecule has 0 saturated heterocycles. The Bertz CT molecular complexity index is 431. The van der Waals surface area contributed by atoms with Gasteiger partial charge >= 0.3 is 11.7 Å². The van der Waals surface area contributed by atoms with Gasteiger partial charge in [-0.05, 0) is 19.9 Å². The fourth-order valence-corrected chi connectivity index (χ4v) is 1.03. The molecular weight excluding hydrogens is 214 g/mol. The number of nitrogens with one attached hydrogen (secondary N) is 1. The summed E-state index contributed by atoms with van der Waals surface area (Å²) in [7, 11) is 0. The van der Waals surface area contributed by atoms with Crippen LogP contribution in [0.4, 0.5) is 11.4 Å². The maximum absolute atomic E-state index is 10.9. The Labute approximate surface area is 91.3 Å². The number of carbonyl (C=O) groups is 1. The van der Waals surface area contributed by atoms with Crippen molar-refractivity contribution in [1.29, 1.82) is 0 Å². The van der Waals surface area contributed by atoms with Gasteiger partial charge in [0.25, 0.3) is 0 Å². The van der Waals surface area contributed by atoms with Crippen LogP contribution in [0.15, 0.2) is 18.5 Å². The minimum atomic E-state index is -1.29. The molecule has 0 aromatic carbocycles. The van der Waals surface area contributed by atoms with E-state index in [4.69, 9.17) is 5.11 Å². The number of pyridine rings is 1.